The van der Waals surface area contributed by atoms with Gasteiger partial charge in [0.25, 0.3) is 0 Å². The summed E-state index contributed by atoms with van der Waals surface area (Å²) < 4.78 is 12.0. The molecule has 1 spiro atoms. The van der Waals surface area contributed by atoms with Gasteiger partial charge in [0.05, 0.1) is 5.60 Å². The lowest BCUT2D eigenvalue weighted by molar-refractivity contribution is -0.158. The molecule has 3 nitrogen and oxygen atoms in total. The maximum atomic E-state index is 10.3. The van der Waals surface area contributed by atoms with Crippen LogP contribution >= 0.6 is 15.9 Å². The van der Waals surface area contributed by atoms with E-state index >= 15 is 0 Å². The lowest BCUT2D eigenvalue weighted by Crippen LogP contribution is -2.46. The normalized spacial score (nSPS) is 28.9. The van der Waals surface area contributed by atoms with Gasteiger partial charge in [0.15, 0.2) is 4.67 Å². The van der Waals surface area contributed by atoms with E-state index in [0.29, 0.717) is 10.4 Å². The van der Waals surface area contributed by atoms with E-state index in [1.165, 1.54) is 6.42 Å². The van der Waals surface area contributed by atoms with Crippen LogP contribution in [0.2, 0.25) is 0 Å². The van der Waals surface area contributed by atoms with E-state index in [0.717, 1.165) is 32.3 Å². The van der Waals surface area contributed by atoms with E-state index in [1.807, 2.05) is 12.1 Å². The fraction of sp³-hybridized carbons (Fsp3) is 0.692. The summed E-state index contributed by atoms with van der Waals surface area (Å²) >= 11 is 3.27. The molecule has 1 N–H and O–H groups in total. The largest absolute Gasteiger partial charge is 0.452 e. The Morgan fingerprint density at radius 1 is 1.41 bits per heavy atom. The summed E-state index contributed by atoms with van der Waals surface area (Å²) in [5.41, 5.74) is 0.0771. The van der Waals surface area contributed by atoms with Crippen molar-refractivity contribution >= 4 is 15.9 Å². The fourth-order valence-electron chi connectivity index (χ4n) is 2.97. The molecule has 4 heteroatoms. The van der Waals surface area contributed by atoms with Crippen molar-refractivity contribution in [2.75, 3.05) is 6.61 Å². The topological polar surface area (TPSA) is 42.6 Å². The van der Waals surface area contributed by atoms with Crippen molar-refractivity contribution in [2.45, 2.75) is 43.8 Å². The van der Waals surface area contributed by atoms with Crippen molar-refractivity contribution in [3.63, 3.8) is 0 Å². The van der Waals surface area contributed by atoms with Crippen LogP contribution in [0.3, 0.4) is 0 Å². The zero-order valence-electron chi connectivity index (χ0n) is 9.69. The Hall–Kier alpha value is -0.320. The summed E-state index contributed by atoms with van der Waals surface area (Å²) in [5.74, 6) is 0.931. The van der Waals surface area contributed by atoms with Crippen LogP contribution in [-0.4, -0.2) is 17.3 Å². The lowest BCUT2D eigenvalue weighted by Gasteiger charge is -2.47. The molecule has 3 rings (SSSR count). The van der Waals surface area contributed by atoms with Gasteiger partial charge in [0, 0.05) is 6.61 Å². The van der Waals surface area contributed by atoms with E-state index in [9.17, 15) is 5.11 Å². The Morgan fingerprint density at radius 3 is 2.82 bits per heavy atom. The first-order chi connectivity index (χ1) is 8.19. The SMILES string of the molecule is OC(c1ccc(Br)o1)C1CCOC2(CCC2)C1. The van der Waals surface area contributed by atoms with E-state index < -0.39 is 6.10 Å². The number of rotatable bonds is 2. The van der Waals surface area contributed by atoms with Crippen LogP contribution in [0.5, 0.6) is 0 Å². The molecule has 2 heterocycles. The van der Waals surface area contributed by atoms with Gasteiger partial charge in [-0.05, 0) is 66.1 Å². The van der Waals surface area contributed by atoms with Crippen molar-refractivity contribution in [3.8, 4) is 0 Å². The minimum absolute atomic E-state index is 0.0771. The quantitative estimate of drug-likeness (QED) is 0.910. The summed E-state index contributed by atoms with van der Waals surface area (Å²) in [6, 6.07) is 3.68. The number of furan rings is 1. The smallest absolute Gasteiger partial charge is 0.169 e. The molecule has 17 heavy (non-hydrogen) atoms. The molecule has 1 saturated carbocycles. The molecule has 0 radical (unpaired) electrons. The maximum Gasteiger partial charge on any atom is 0.169 e. The lowest BCUT2D eigenvalue weighted by atomic mass is 9.70. The molecule has 2 fully saturated rings. The highest BCUT2D eigenvalue weighted by Crippen LogP contribution is 2.47. The number of aliphatic hydroxyl groups is 1. The highest BCUT2D eigenvalue weighted by molar-refractivity contribution is 9.10. The standard InChI is InChI=1S/C13H17BrO3/c14-11-3-2-10(17-11)12(15)9-4-7-16-13(8-9)5-1-6-13/h2-3,9,12,15H,1,4-8H2. The molecule has 1 aliphatic carbocycles. The third-order valence-electron chi connectivity index (χ3n) is 4.13. The second kappa shape index (κ2) is 4.41. The number of hydrogen-bond donors (Lipinski definition) is 1. The third kappa shape index (κ3) is 2.18. The number of aliphatic hydroxyl groups excluding tert-OH is 1. The molecule has 0 aromatic carbocycles. The van der Waals surface area contributed by atoms with Crippen molar-refractivity contribution in [3.05, 3.63) is 22.6 Å². The van der Waals surface area contributed by atoms with Gasteiger partial charge in [-0.3, -0.25) is 0 Å². The number of ether oxygens (including phenoxy) is 1. The molecule has 94 valence electrons. The Morgan fingerprint density at radius 2 is 2.24 bits per heavy atom. The van der Waals surface area contributed by atoms with Crippen LogP contribution in [0.15, 0.2) is 21.2 Å². The Kier molecular flexibility index (Phi) is 3.05. The van der Waals surface area contributed by atoms with Gasteiger partial charge in [-0.2, -0.15) is 0 Å². The summed E-state index contributed by atoms with van der Waals surface area (Å²) in [6.07, 6.45) is 4.95. The molecular formula is C13H17BrO3. The second-order valence-electron chi connectivity index (χ2n) is 5.22. The predicted molar refractivity (Wildman–Crippen MR) is 66.6 cm³/mol. The first-order valence-electron chi connectivity index (χ1n) is 6.26. The molecule has 1 aromatic heterocycles. The monoisotopic (exact) mass is 300 g/mol. The van der Waals surface area contributed by atoms with Crippen LogP contribution in [-0.2, 0) is 4.74 Å². The minimum atomic E-state index is -0.498. The van der Waals surface area contributed by atoms with Crippen molar-refractivity contribution in [1.82, 2.24) is 0 Å². The first-order valence-corrected chi connectivity index (χ1v) is 7.05. The van der Waals surface area contributed by atoms with Crippen molar-refractivity contribution in [2.24, 2.45) is 5.92 Å². The van der Waals surface area contributed by atoms with Crippen LogP contribution in [0.25, 0.3) is 0 Å². The fourth-order valence-corrected chi connectivity index (χ4v) is 3.29. The van der Waals surface area contributed by atoms with Gasteiger partial charge in [-0.1, -0.05) is 0 Å². The summed E-state index contributed by atoms with van der Waals surface area (Å²) in [5, 5.41) is 10.3. The number of hydrogen-bond acceptors (Lipinski definition) is 3. The van der Waals surface area contributed by atoms with E-state index in [-0.39, 0.29) is 11.5 Å². The van der Waals surface area contributed by atoms with E-state index in [4.69, 9.17) is 9.15 Å². The van der Waals surface area contributed by atoms with Gasteiger partial charge in [0.2, 0.25) is 0 Å². The molecule has 2 aliphatic rings. The highest BCUT2D eigenvalue weighted by Gasteiger charge is 2.44. The van der Waals surface area contributed by atoms with Crippen molar-refractivity contribution in [1.29, 1.82) is 0 Å². The first kappa shape index (κ1) is 11.8. The molecule has 1 aromatic rings. The number of halogens is 1. The molecule has 0 bridgehead atoms. The van der Waals surface area contributed by atoms with Crippen LogP contribution in [0.4, 0.5) is 0 Å². The van der Waals surface area contributed by atoms with Crippen molar-refractivity contribution < 1.29 is 14.3 Å². The summed E-state index contributed by atoms with van der Waals surface area (Å²) in [4.78, 5) is 0. The van der Waals surface area contributed by atoms with Gasteiger partial charge >= 0.3 is 0 Å². The minimum Gasteiger partial charge on any atom is -0.452 e. The molecule has 2 atom stereocenters. The van der Waals surface area contributed by atoms with E-state index in [1.54, 1.807) is 0 Å². The van der Waals surface area contributed by atoms with Gasteiger partial charge in [-0.25, -0.2) is 0 Å². The Balaban J connectivity index is 1.71. The molecule has 0 amide bonds. The highest BCUT2D eigenvalue weighted by atomic mass is 79.9. The maximum absolute atomic E-state index is 10.3. The van der Waals surface area contributed by atoms with Crippen LogP contribution < -0.4 is 0 Å². The third-order valence-corrected chi connectivity index (χ3v) is 4.55. The zero-order chi connectivity index (χ0) is 11.9. The molecule has 1 aliphatic heterocycles. The van der Waals surface area contributed by atoms with Gasteiger partial charge < -0.3 is 14.3 Å². The second-order valence-corrected chi connectivity index (χ2v) is 6.01. The van der Waals surface area contributed by atoms with Crippen LogP contribution in [0.1, 0.15) is 44.0 Å². The molecule has 1 saturated heterocycles. The van der Waals surface area contributed by atoms with E-state index in [2.05, 4.69) is 15.9 Å². The average molecular weight is 301 g/mol. The predicted octanol–water partition coefficient (Wildman–Crippen LogP) is 3.42. The molecule has 2 unspecified atom stereocenters. The van der Waals surface area contributed by atoms with Gasteiger partial charge in [-0.15, -0.1) is 0 Å². The summed E-state index contributed by atoms with van der Waals surface area (Å²) in [7, 11) is 0. The molecular weight excluding hydrogens is 284 g/mol. The Labute approximate surface area is 109 Å². The zero-order valence-corrected chi connectivity index (χ0v) is 11.3. The Bertz CT molecular complexity index is 397. The summed E-state index contributed by atoms with van der Waals surface area (Å²) in [6.45, 7) is 0.767. The van der Waals surface area contributed by atoms with Gasteiger partial charge in [0.1, 0.15) is 11.9 Å². The average Bonchev–Trinajstić information content (AvgIpc) is 2.73. The van der Waals surface area contributed by atoms with Crippen LogP contribution in [0, 0.1) is 5.92 Å².